The minimum Gasteiger partial charge on any atom is -0.339 e. The number of likely N-dealkylation sites (tertiary alicyclic amines) is 1. The van der Waals surface area contributed by atoms with Crippen LogP contribution in [0.1, 0.15) is 60.5 Å². The Labute approximate surface area is 181 Å². The molecule has 1 aromatic rings. The van der Waals surface area contributed by atoms with Crippen LogP contribution in [0.3, 0.4) is 0 Å². The lowest BCUT2D eigenvalue weighted by molar-refractivity contribution is -0.140. The van der Waals surface area contributed by atoms with Crippen molar-refractivity contribution in [2.45, 2.75) is 58.9 Å². The number of nitrogens with one attached hydrogen (secondary N) is 1. The number of carbonyl (C=O) groups excluding carboxylic acids is 2. The molecule has 0 radical (unpaired) electrons. The normalized spacial score (nSPS) is 20.1. The molecule has 0 aromatic heterocycles. The number of piperidine rings is 2. The summed E-state index contributed by atoms with van der Waals surface area (Å²) in [7, 11) is 0. The molecule has 2 amide bonds. The van der Waals surface area contributed by atoms with Crippen LogP contribution in [0.4, 0.5) is 0 Å². The molecule has 0 spiro atoms. The summed E-state index contributed by atoms with van der Waals surface area (Å²) in [6, 6.07) is 6.35. The molecular weight excluding hydrogens is 386 g/mol. The van der Waals surface area contributed by atoms with Gasteiger partial charge in [0.1, 0.15) is 0 Å². The molecule has 0 saturated carbocycles. The number of amides is 2. The van der Waals surface area contributed by atoms with Gasteiger partial charge in [-0.25, -0.2) is 0 Å². The third-order valence-electron chi connectivity index (χ3n) is 6.02. The van der Waals surface area contributed by atoms with Crippen molar-refractivity contribution in [1.29, 1.82) is 0 Å². The minimum absolute atomic E-state index is 0. The zero-order valence-electron chi connectivity index (χ0n) is 18.1. The molecule has 3 rings (SSSR count). The van der Waals surface area contributed by atoms with Gasteiger partial charge in [-0.1, -0.05) is 24.1 Å². The van der Waals surface area contributed by atoms with Gasteiger partial charge in [0.2, 0.25) is 5.91 Å². The molecule has 2 aliphatic rings. The van der Waals surface area contributed by atoms with Crippen LogP contribution in [-0.4, -0.2) is 60.4 Å². The quantitative estimate of drug-likeness (QED) is 0.790. The third kappa shape index (κ3) is 5.95. The summed E-state index contributed by atoms with van der Waals surface area (Å²) in [6.07, 6.45) is 4.83. The smallest absolute Gasteiger partial charge is 0.253 e. The molecule has 2 aliphatic heterocycles. The molecule has 5 nitrogen and oxygen atoms in total. The van der Waals surface area contributed by atoms with Crippen LogP contribution < -0.4 is 5.32 Å². The van der Waals surface area contributed by atoms with Gasteiger partial charge in [-0.3, -0.25) is 9.59 Å². The largest absolute Gasteiger partial charge is 0.339 e. The van der Waals surface area contributed by atoms with E-state index in [1.807, 2.05) is 30.9 Å². The maximum absolute atomic E-state index is 13.4. The molecule has 1 N–H and O–H groups in total. The summed E-state index contributed by atoms with van der Waals surface area (Å²) >= 11 is 0. The lowest BCUT2D eigenvalue weighted by Gasteiger charge is -2.39. The number of aryl methyl sites for hydroxylation is 2. The Hall–Kier alpha value is -1.59. The van der Waals surface area contributed by atoms with Gasteiger partial charge in [0.25, 0.3) is 5.91 Å². The fourth-order valence-electron chi connectivity index (χ4n) is 4.71. The zero-order valence-corrected chi connectivity index (χ0v) is 18.9. The summed E-state index contributed by atoms with van der Waals surface area (Å²) in [6.45, 7) is 10.3. The standard InChI is InChI=1S/C23H35N3O2.ClH/c1-4-11-26(21-7-9-24-10-8-21)23(28)19-6-5-12-25(16-19)22(27)20-14-17(2)13-18(3)15-20;/h13-15,19,21,24H,4-12,16H2,1-3H3;1H. The maximum Gasteiger partial charge on any atom is 0.253 e. The SMILES string of the molecule is CCCN(C(=O)C1CCCN(C(=O)c2cc(C)cc(C)c2)C1)C1CCNCC1.Cl. The number of halogens is 1. The zero-order chi connectivity index (χ0) is 20.1. The molecule has 0 aliphatic carbocycles. The third-order valence-corrected chi connectivity index (χ3v) is 6.02. The fraction of sp³-hybridized carbons (Fsp3) is 0.652. The highest BCUT2D eigenvalue weighted by atomic mass is 35.5. The second-order valence-corrected chi connectivity index (χ2v) is 8.48. The Morgan fingerprint density at radius 2 is 1.76 bits per heavy atom. The minimum atomic E-state index is -0.0648. The van der Waals surface area contributed by atoms with E-state index in [-0.39, 0.29) is 30.1 Å². The molecule has 6 heteroatoms. The van der Waals surface area contributed by atoms with Crippen molar-refractivity contribution in [1.82, 2.24) is 15.1 Å². The van der Waals surface area contributed by atoms with E-state index in [2.05, 4.69) is 23.2 Å². The van der Waals surface area contributed by atoms with Crippen molar-refractivity contribution in [2.24, 2.45) is 5.92 Å². The highest BCUT2D eigenvalue weighted by Gasteiger charge is 2.34. The number of nitrogens with zero attached hydrogens (tertiary/aromatic N) is 2. The predicted octanol–water partition coefficient (Wildman–Crippen LogP) is 3.57. The van der Waals surface area contributed by atoms with E-state index < -0.39 is 0 Å². The first-order chi connectivity index (χ1) is 13.5. The lowest BCUT2D eigenvalue weighted by atomic mass is 9.93. The van der Waals surface area contributed by atoms with Gasteiger partial charge in [0.05, 0.1) is 5.92 Å². The van der Waals surface area contributed by atoms with Gasteiger partial charge in [0, 0.05) is 31.2 Å². The fourth-order valence-corrected chi connectivity index (χ4v) is 4.71. The average Bonchev–Trinajstić information content (AvgIpc) is 2.71. The molecule has 1 unspecified atom stereocenters. The van der Waals surface area contributed by atoms with Gasteiger partial charge >= 0.3 is 0 Å². The van der Waals surface area contributed by atoms with Gasteiger partial charge < -0.3 is 15.1 Å². The van der Waals surface area contributed by atoms with E-state index in [9.17, 15) is 9.59 Å². The topological polar surface area (TPSA) is 52.7 Å². The van der Waals surface area contributed by atoms with E-state index in [0.29, 0.717) is 12.6 Å². The van der Waals surface area contributed by atoms with Crippen LogP contribution in [0.2, 0.25) is 0 Å². The summed E-state index contributed by atoms with van der Waals surface area (Å²) < 4.78 is 0. The van der Waals surface area contributed by atoms with Crippen LogP contribution in [0, 0.1) is 19.8 Å². The van der Waals surface area contributed by atoms with Crippen molar-refractivity contribution in [3.8, 4) is 0 Å². The van der Waals surface area contributed by atoms with E-state index >= 15 is 0 Å². The molecule has 2 saturated heterocycles. The predicted molar refractivity (Wildman–Crippen MR) is 120 cm³/mol. The van der Waals surface area contributed by atoms with E-state index in [0.717, 1.165) is 75.0 Å². The Bertz CT molecular complexity index is 683. The number of hydrogen-bond donors (Lipinski definition) is 1. The summed E-state index contributed by atoms with van der Waals surface area (Å²) in [5.41, 5.74) is 2.95. The molecule has 162 valence electrons. The Balaban J connectivity index is 0.00000300. The summed E-state index contributed by atoms with van der Waals surface area (Å²) in [4.78, 5) is 30.4. The van der Waals surface area contributed by atoms with Crippen LogP contribution >= 0.6 is 12.4 Å². The molecule has 0 bridgehead atoms. The second-order valence-electron chi connectivity index (χ2n) is 8.48. The van der Waals surface area contributed by atoms with Gasteiger partial charge in [-0.2, -0.15) is 0 Å². The molecule has 2 fully saturated rings. The number of rotatable bonds is 5. The highest BCUT2D eigenvalue weighted by molar-refractivity contribution is 5.95. The van der Waals surface area contributed by atoms with Gasteiger partial charge in [-0.15, -0.1) is 12.4 Å². The first-order valence-corrected chi connectivity index (χ1v) is 10.9. The monoisotopic (exact) mass is 421 g/mol. The molecule has 2 heterocycles. The molecule has 1 atom stereocenters. The molecular formula is C23H36ClN3O2. The highest BCUT2D eigenvalue weighted by Crippen LogP contribution is 2.24. The molecule has 1 aromatic carbocycles. The second kappa shape index (κ2) is 11.0. The molecule has 29 heavy (non-hydrogen) atoms. The lowest BCUT2D eigenvalue weighted by Crippen LogP contribution is -2.52. The van der Waals surface area contributed by atoms with E-state index in [1.54, 1.807) is 0 Å². The Morgan fingerprint density at radius 1 is 1.10 bits per heavy atom. The van der Waals surface area contributed by atoms with Crippen molar-refractivity contribution in [3.63, 3.8) is 0 Å². The Kier molecular flexibility index (Phi) is 8.97. The van der Waals surface area contributed by atoms with Crippen LogP contribution in [-0.2, 0) is 4.79 Å². The summed E-state index contributed by atoms with van der Waals surface area (Å²) in [5.74, 6) is 0.255. The average molecular weight is 422 g/mol. The number of hydrogen-bond acceptors (Lipinski definition) is 3. The Morgan fingerprint density at radius 3 is 2.38 bits per heavy atom. The number of carbonyl (C=O) groups is 2. The number of benzene rings is 1. The summed E-state index contributed by atoms with van der Waals surface area (Å²) in [5, 5.41) is 3.39. The van der Waals surface area contributed by atoms with Crippen LogP contribution in [0.25, 0.3) is 0 Å². The van der Waals surface area contributed by atoms with Crippen molar-refractivity contribution in [2.75, 3.05) is 32.7 Å². The van der Waals surface area contributed by atoms with Gasteiger partial charge in [-0.05, 0) is 71.2 Å². The van der Waals surface area contributed by atoms with E-state index in [1.165, 1.54) is 0 Å². The van der Waals surface area contributed by atoms with Crippen LogP contribution in [0.5, 0.6) is 0 Å². The maximum atomic E-state index is 13.4. The van der Waals surface area contributed by atoms with Gasteiger partial charge in [0.15, 0.2) is 0 Å². The van der Waals surface area contributed by atoms with Crippen molar-refractivity contribution >= 4 is 24.2 Å². The first-order valence-electron chi connectivity index (χ1n) is 10.9. The first kappa shape index (κ1) is 23.7. The van der Waals surface area contributed by atoms with E-state index in [4.69, 9.17) is 0 Å². The van der Waals surface area contributed by atoms with Crippen molar-refractivity contribution in [3.05, 3.63) is 34.9 Å². The van der Waals surface area contributed by atoms with Crippen LogP contribution in [0.15, 0.2) is 18.2 Å². The van der Waals surface area contributed by atoms with Crippen molar-refractivity contribution < 1.29 is 9.59 Å².